The van der Waals surface area contributed by atoms with Gasteiger partial charge in [-0.1, -0.05) is 0 Å². The van der Waals surface area contributed by atoms with Crippen LogP contribution in [0.3, 0.4) is 0 Å². The molecule has 24 heteroatoms. The Hall–Kier alpha value is -7.99. The normalized spacial score (nSPS) is 20.3. The van der Waals surface area contributed by atoms with Crippen molar-refractivity contribution in [1.29, 1.82) is 0 Å². The molecule has 0 atom stereocenters. The molecule has 1 amide bonds. The molecule has 0 radical (unpaired) electrons. The zero-order chi connectivity index (χ0) is 52.7. The minimum Gasteiger partial charge on any atom is -0.474 e. The lowest BCUT2D eigenvalue weighted by Crippen LogP contribution is -2.46. The van der Waals surface area contributed by atoms with Crippen molar-refractivity contribution < 1.29 is 28.3 Å². The van der Waals surface area contributed by atoms with Gasteiger partial charge >= 0.3 is 11.4 Å². The number of rotatable bonds is 14. The number of imidazole rings is 2. The summed E-state index contributed by atoms with van der Waals surface area (Å²) in [6, 6.07) is 12.2. The van der Waals surface area contributed by atoms with Gasteiger partial charge in [0.2, 0.25) is 41.7 Å². The number of likely N-dealkylation sites (N-methyl/N-ethyl adjacent to an activating group) is 1. The third-order valence-corrected chi connectivity index (χ3v) is 15.6. The molecule has 0 bridgehead atoms. The van der Waals surface area contributed by atoms with Crippen molar-refractivity contribution in [3.63, 3.8) is 0 Å². The summed E-state index contributed by atoms with van der Waals surface area (Å²) in [6.45, 7) is 5.41. The minimum absolute atomic E-state index is 0.0150. The standard InChI is InChI=1S/C53H64N17O7/c1-63(32-69-18-6-8-38-40(69)28-44(68-21-25-75-26-22-68)60-49(38)77-36-15-11-33(12-16-36)57-50-55-29-41-46(61-50)65(3)52(72)64(41)2)45(71)31-70-42-30-56-51(62-47(42)66(4)53(70)73)58-34-9-13-35(14-10-34)76-48-37-7-5-17-54-39(37)27-43(59-48)67-19-23-74-24-20-67/h5-8,17-18,27-30,33-36H,9-16,19-26,31-32H2,1-4H3,(H,55,57,61)(H,56,58,62)/q+1. The molecule has 8 aromatic heterocycles. The second-order valence-electron chi connectivity index (χ2n) is 20.6. The summed E-state index contributed by atoms with van der Waals surface area (Å²) in [7, 11) is 6.83. The molecule has 2 saturated heterocycles. The third kappa shape index (κ3) is 10.1. The number of aryl methyl sites for hydroxylation is 3. The van der Waals surface area contributed by atoms with E-state index in [1.807, 2.05) is 47.2 Å². The maximum atomic E-state index is 14.1. The molecule has 4 fully saturated rings. The Morgan fingerprint density at radius 1 is 0.675 bits per heavy atom. The Kier molecular flexibility index (Phi) is 13.7. The van der Waals surface area contributed by atoms with Gasteiger partial charge in [0, 0.05) is 84.8 Å². The van der Waals surface area contributed by atoms with E-state index in [1.54, 1.807) is 56.2 Å². The van der Waals surface area contributed by atoms with Gasteiger partial charge in [0.1, 0.15) is 46.8 Å². The minimum atomic E-state index is -0.361. The van der Waals surface area contributed by atoms with Gasteiger partial charge in [-0.15, -0.1) is 0 Å². The number of carbonyl (C=O) groups excluding carboxylic acids is 1. The molecule has 4 aliphatic rings. The van der Waals surface area contributed by atoms with Crippen molar-refractivity contribution in [1.82, 2.24) is 58.1 Å². The first-order valence-electron chi connectivity index (χ1n) is 26.7. The Morgan fingerprint density at radius 2 is 1.22 bits per heavy atom. The lowest BCUT2D eigenvalue weighted by Gasteiger charge is -2.31. The predicted octanol–water partition coefficient (Wildman–Crippen LogP) is 3.28. The lowest BCUT2D eigenvalue weighted by molar-refractivity contribution is -0.687. The van der Waals surface area contributed by atoms with E-state index in [0.717, 1.165) is 97.9 Å². The smallest absolute Gasteiger partial charge is 0.330 e. The van der Waals surface area contributed by atoms with Crippen molar-refractivity contribution in [2.75, 3.05) is 80.1 Å². The summed E-state index contributed by atoms with van der Waals surface area (Å²) in [5, 5.41) is 8.70. The summed E-state index contributed by atoms with van der Waals surface area (Å²) in [5.74, 6) is 3.40. The average molecular weight is 1050 g/mol. The summed E-state index contributed by atoms with van der Waals surface area (Å²) >= 11 is 0. The SMILES string of the molecule is CN(C[n+]1cccc2c(OC3CCC(Nc4ncc5c(n4)n(C)c(=O)n5C)CC3)nc(N3CCOCC3)cc21)C(=O)Cn1c(=O)n(C)c2nc(NC3CCC(Oc4nc(N5CCOCC5)cc5ncccc45)CC3)ncc21. The van der Waals surface area contributed by atoms with E-state index in [0.29, 0.717) is 85.5 Å². The molecule has 2 aliphatic heterocycles. The third-order valence-electron chi connectivity index (χ3n) is 15.6. The Balaban J connectivity index is 0.696. The number of nitrogens with one attached hydrogen (secondary N) is 2. The molecule has 2 N–H and O–H groups in total. The van der Waals surface area contributed by atoms with Gasteiger partial charge in [-0.05, 0) is 69.6 Å². The van der Waals surface area contributed by atoms with Crippen LogP contribution in [-0.4, -0.2) is 148 Å². The topological polar surface area (TPSA) is 236 Å². The summed E-state index contributed by atoms with van der Waals surface area (Å²) < 4.78 is 32.7. The number of hydrogen-bond donors (Lipinski definition) is 2. The molecule has 77 heavy (non-hydrogen) atoms. The zero-order valence-electron chi connectivity index (χ0n) is 43.9. The van der Waals surface area contributed by atoms with Crippen molar-refractivity contribution >= 4 is 73.6 Å². The van der Waals surface area contributed by atoms with E-state index in [-0.39, 0.29) is 54.8 Å². The molecular weight excluding hydrogens is 987 g/mol. The van der Waals surface area contributed by atoms with Gasteiger partial charge in [0.15, 0.2) is 17.5 Å². The molecule has 0 spiro atoms. The zero-order valence-corrected chi connectivity index (χ0v) is 43.9. The van der Waals surface area contributed by atoms with Crippen LogP contribution >= 0.6 is 0 Å². The molecule has 12 rings (SSSR count). The van der Waals surface area contributed by atoms with Crippen molar-refractivity contribution in [2.45, 2.75) is 88.9 Å². The molecule has 8 aromatic rings. The van der Waals surface area contributed by atoms with E-state index in [2.05, 4.69) is 40.4 Å². The highest BCUT2D eigenvalue weighted by Gasteiger charge is 2.30. The van der Waals surface area contributed by atoms with E-state index < -0.39 is 0 Å². The van der Waals surface area contributed by atoms with E-state index >= 15 is 0 Å². The molecular formula is C53H64N17O7+. The van der Waals surface area contributed by atoms with Gasteiger partial charge in [0.05, 0.1) is 55.8 Å². The second-order valence-corrected chi connectivity index (χ2v) is 20.6. The Morgan fingerprint density at radius 3 is 1.84 bits per heavy atom. The number of pyridine rings is 4. The number of nitrogens with zero attached hydrogens (tertiary/aromatic N) is 15. The number of morpholine rings is 2. The van der Waals surface area contributed by atoms with Crippen LogP contribution in [0.1, 0.15) is 51.4 Å². The molecule has 2 saturated carbocycles. The highest BCUT2D eigenvalue weighted by molar-refractivity contribution is 5.86. The van der Waals surface area contributed by atoms with Crippen LogP contribution in [0.15, 0.2) is 70.8 Å². The first-order chi connectivity index (χ1) is 37.5. The fourth-order valence-corrected chi connectivity index (χ4v) is 11.1. The van der Waals surface area contributed by atoms with Gasteiger partial charge < -0.3 is 39.4 Å². The molecule has 0 aromatic carbocycles. The average Bonchev–Trinajstić information content (AvgIpc) is 3.85. The Labute approximate surface area is 442 Å². The Bertz CT molecular complexity index is 3610. The molecule has 24 nitrogen and oxygen atoms in total. The number of fused-ring (bicyclic) bond motifs is 4. The number of hydrogen-bond acceptors (Lipinski definition) is 18. The fourth-order valence-electron chi connectivity index (χ4n) is 11.1. The maximum Gasteiger partial charge on any atom is 0.330 e. The van der Waals surface area contributed by atoms with Crippen molar-refractivity contribution in [2.24, 2.45) is 21.1 Å². The van der Waals surface area contributed by atoms with Crippen LogP contribution in [0.5, 0.6) is 11.8 Å². The number of aromatic nitrogens is 12. The van der Waals surface area contributed by atoms with Crippen LogP contribution in [0.4, 0.5) is 23.5 Å². The van der Waals surface area contributed by atoms with Gasteiger partial charge in [-0.3, -0.25) is 32.9 Å². The number of amides is 1. The van der Waals surface area contributed by atoms with E-state index in [1.165, 1.54) is 13.7 Å². The van der Waals surface area contributed by atoms with Gasteiger partial charge in [-0.2, -0.15) is 24.5 Å². The molecule has 0 unspecified atom stereocenters. The van der Waals surface area contributed by atoms with Gasteiger partial charge in [-0.25, -0.2) is 19.6 Å². The van der Waals surface area contributed by atoms with E-state index in [4.69, 9.17) is 33.9 Å². The van der Waals surface area contributed by atoms with Gasteiger partial charge in [0.25, 0.3) is 0 Å². The van der Waals surface area contributed by atoms with Crippen LogP contribution in [-0.2, 0) is 48.6 Å². The van der Waals surface area contributed by atoms with Crippen LogP contribution in [0.2, 0.25) is 0 Å². The number of anilines is 4. The monoisotopic (exact) mass is 1050 g/mol. The molecule has 2 aliphatic carbocycles. The van der Waals surface area contributed by atoms with Crippen LogP contribution in [0, 0.1) is 0 Å². The maximum absolute atomic E-state index is 14.1. The second kappa shape index (κ2) is 21.2. The highest BCUT2D eigenvalue weighted by atomic mass is 16.5. The largest absolute Gasteiger partial charge is 0.474 e. The number of carbonyl (C=O) groups is 1. The highest BCUT2D eigenvalue weighted by Crippen LogP contribution is 2.34. The van der Waals surface area contributed by atoms with Crippen molar-refractivity contribution in [3.8, 4) is 11.8 Å². The molecule has 402 valence electrons. The number of ether oxygens (including phenoxy) is 4. The molecule has 10 heterocycles. The predicted molar refractivity (Wildman–Crippen MR) is 287 cm³/mol. The first-order valence-corrected chi connectivity index (χ1v) is 26.7. The first kappa shape index (κ1) is 49.9. The summed E-state index contributed by atoms with van der Waals surface area (Å²) in [5.41, 5.74) is 3.37. The lowest BCUT2D eigenvalue weighted by atomic mass is 9.93. The van der Waals surface area contributed by atoms with Crippen LogP contribution < -0.4 is 45.9 Å². The summed E-state index contributed by atoms with van der Waals surface area (Å²) in [4.78, 5) is 79.7. The van der Waals surface area contributed by atoms with Crippen molar-refractivity contribution in [3.05, 3.63) is 82.2 Å². The van der Waals surface area contributed by atoms with E-state index in [9.17, 15) is 14.4 Å². The summed E-state index contributed by atoms with van der Waals surface area (Å²) in [6.07, 6.45) is 13.5. The van der Waals surface area contributed by atoms with Crippen LogP contribution in [0.25, 0.3) is 44.1 Å². The fraction of sp³-hybridized carbons (Fsp3) is 0.491. The quantitative estimate of drug-likeness (QED) is 0.149.